The molecule has 3 aromatic carbocycles. The summed E-state index contributed by atoms with van der Waals surface area (Å²) in [5.74, 6) is 0. The number of oxime groups is 3. The summed E-state index contributed by atoms with van der Waals surface area (Å²) in [7, 11) is 0. The summed E-state index contributed by atoms with van der Waals surface area (Å²) < 4.78 is 0. The van der Waals surface area contributed by atoms with Crippen molar-refractivity contribution in [1.82, 2.24) is 14.7 Å². The summed E-state index contributed by atoms with van der Waals surface area (Å²) >= 11 is 0. The fraction of sp³-hybridized carbons (Fsp3) is 0.300. The van der Waals surface area contributed by atoms with Crippen molar-refractivity contribution in [2.24, 2.45) is 15.5 Å². The molecule has 1 aliphatic rings. The number of rotatable bonds is 9. The molecule has 4 rings (SSSR count). The highest BCUT2D eigenvalue weighted by atomic mass is 16.4. The van der Waals surface area contributed by atoms with Crippen molar-refractivity contribution in [3.63, 3.8) is 0 Å². The molecule has 1 saturated heterocycles. The van der Waals surface area contributed by atoms with Crippen LogP contribution in [0.2, 0.25) is 0 Å². The van der Waals surface area contributed by atoms with Crippen LogP contribution in [0, 0.1) is 0 Å². The topological polar surface area (TPSA) is 107 Å². The average Bonchev–Trinajstić information content (AvgIpc) is 3.09. The van der Waals surface area contributed by atoms with E-state index < -0.39 is 0 Å². The van der Waals surface area contributed by atoms with Crippen molar-refractivity contribution in [2.75, 3.05) is 58.9 Å². The summed E-state index contributed by atoms with van der Waals surface area (Å²) in [6, 6.07) is 29.1. The second-order valence-corrected chi connectivity index (χ2v) is 9.57. The fourth-order valence-electron chi connectivity index (χ4n) is 4.73. The van der Waals surface area contributed by atoms with Gasteiger partial charge in [-0.3, -0.25) is 14.7 Å². The Morgan fingerprint density at radius 2 is 0.667 bits per heavy atom. The zero-order valence-electron chi connectivity index (χ0n) is 22.0. The van der Waals surface area contributed by atoms with E-state index in [-0.39, 0.29) is 0 Å². The van der Waals surface area contributed by atoms with Gasteiger partial charge in [-0.2, -0.15) is 0 Å². The first-order chi connectivity index (χ1) is 19.2. The molecule has 204 valence electrons. The van der Waals surface area contributed by atoms with Crippen molar-refractivity contribution >= 4 is 17.1 Å². The van der Waals surface area contributed by atoms with Gasteiger partial charge in [0.2, 0.25) is 0 Å². The lowest BCUT2D eigenvalue weighted by Crippen LogP contribution is -2.40. The van der Waals surface area contributed by atoms with Crippen molar-refractivity contribution < 1.29 is 15.6 Å². The van der Waals surface area contributed by atoms with E-state index in [1.165, 1.54) is 0 Å². The van der Waals surface area contributed by atoms with Crippen LogP contribution >= 0.6 is 0 Å². The van der Waals surface area contributed by atoms with E-state index in [9.17, 15) is 15.6 Å². The molecule has 0 saturated carbocycles. The summed E-state index contributed by atoms with van der Waals surface area (Å²) in [6.07, 6.45) is 0. The highest BCUT2D eigenvalue weighted by Crippen LogP contribution is 2.10. The highest BCUT2D eigenvalue weighted by molar-refractivity contribution is 6.02. The standard InChI is InChI=1S/C30H36N6O3/c37-31-28(25-10-4-1-5-11-25)22-34-16-18-35(23-29(32-38)26-12-6-2-7-13-26)20-21-36(19-17-34)24-30(33-39)27-14-8-3-9-15-27/h1-15,37-39H,16-24H2/b31-28-,32-29-,33-30-. The van der Waals surface area contributed by atoms with Crippen molar-refractivity contribution in [2.45, 2.75) is 0 Å². The van der Waals surface area contributed by atoms with Crippen LogP contribution in [0.1, 0.15) is 16.7 Å². The Labute approximate surface area is 229 Å². The molecule has 39 heavy (non-hydrogen) atoms. The third kappa shape index (κ3) is 8.22. The van der Waals surface area contributed by atoms with Crippen LogP contribution in [-0.2, 0) is 0 Å². The number of nitrogens with zero attached hydrogens (tertiary/aromatic N) is 6. The minimum Gasteiger partial charge on any atom is -0.411 e. The fourth-order valence-corrected chi connectivity index (χ4v) is 4.73. The Morgan fingerprint density at radius 1 is 0.436 bits per heavy atom. The van der Waals surface area contributed by atoms with Gasteiger partial charge in [0.25, 0.3) is 0 Å². The molecule has 3 aromatic rings. The second kappa shape index (κ2) is 14.8. The molecule has 0 spiro atoms. The number of hydrogen-bond acceptors (Lipinski definition) is 9. The first-order valence-electron chi connectivity index (χ1n) is 13.2. The number of benzene rings is 3. The highest BCUT2D eigenvalue weighted by Gasteiger charge is 2.21. The van der Waals surface area contributed by atoms with Crippen LogP contribution in [0.4, 0.5) is 0 Å². The monoisotopic (exact) mass is 528 g/mol. The van der Waals surface area contributed by atoms with Gasteiger partial charge in [0.05, 0.1) is 0 Å². The normalized spacial score (nSPS) is 17.4. The van der Waals surface area contributed by atoms with Crippen LogP contribution in [0.3, 0.4) is 0 Å². The quantitative estimate of drug-likeness (QED) is 0.223. The van der Waals surface area contributed by atoms with Gasteiger partial charge in [0, 0.05) is 75.6 Å². The molecule has 0 amide bonds. The molecule has 9 nitrogen and oxygen atoms in total. The Balaban J connectivity index is 1.53. The van der Waals surface area contributed by atoms with Crippen LogP contribution in [0.5, 0.6) is 0 Å². The van der Waals surface area contributed by atoms with Gasteiger partial charge in [0.1, 0.15) is 17.1 Å². The molecule has 1 fully saturated rings. The van der Waals surface area contributed by atoms with Gasteiger partial charge in [-0.25, -0.2) is 0 Å². The summed E-state index contributed by atoms with van der Waals surface area (Å²) in [4.78, 5) is 6.80. The molecule has 0 bridgehead atoms. The molecular formula is C30H36N6O3. The molecule has 0 aliphatic carbocycles. The van der Waals surface area contributed by atoms with Gasteiger partial charge in [-0.1, -0.05) is 106 Å². The maximum Gasteiger partial charge on any atom is 0.101 e. The maximum absolute atomic E-state index is 9.80. The van der Waals surface area contributed by atoms with E-state index in [0.717, 1.165) is 56.0 Å². The van der Waals surface area contributed by atoms with Gasteiger partial charge < -0.3 is 15.6 Å². The van der Waals surface area contributed by atoms with Gasteiger partial charge in [-0.05, 0) is 0 Å². The predicted octanol–water partition coefficient (Wildman–Crippen LogP) is 3.54. The van der Waals surface area contributed by atoms with Gasteiger partial charge >= 0.3 is 0 Å². The molecule has 9 heteroatoms. The molecule has 0 unspecified atom stereocenters. The van der Waals surface area contributed by atoms with Gasteiger partial charge in [-0.15, -0.1) is 0 Å². The van der Waals surface area contributed by atoms with Crippen molar-refractivity contribution in [3.8, 4) is 0 Å². The van der Waals surface area contributed by atoms with E-state index in [2.05, 4.69) is 30.2 Å². The number of hydrogen-bond donors (Lipinski definition) is 3. The smallest absolute Gasteiger partial charge is 0.101 e. The van der Waals surface area contributed by atoms with E-state index in [1.54, 1.807) is 0 Å². The summed E-state index contributed by atoms with van der Waals surface area (Å²) in [5, 5.41) is 40.3. The predicted molar refractivity (Wildman–Crippen MR) is 154 cm³/mol. The minimum absolute atomic E-state index is 0.488. The van der Waals surface area contributed by atoms with E-state index in [1.807, 2.05) is 91.0 Å². The molecule has 0 radical (unpaired) electrons. The molecule has 0 aromatic heterocycles. The SMILES string of the molecule is O/N=C(/CN1CCN(C/C(=N/O)c2ccccc2)CCN(C/C(=N/O)c2ccccc2)CC1)c1ccccc1. The molecular weight excluding hydrogens is 492 g/mol. The summed E-state index contributed by atoms with van der Waals surface area (Å²) in [5.41, 5.74) is 4.47. The zero-order chi connectivity index (χ0) is 27.3. The lowest BCUT2D eigenvalue weighted by Gasteiger charge is -2.26. The zero-order valence-corrected chi connectivity index (χ0v) is 22.0. The Kier molecular flexibility index (Phi) is 10.6. The molecule has 0 atom stereocenters. The van der Waals surface area contributed by atoms with Crippen LogP contribution < -0.4 is 0 Å². The van der Waals surface area contributed by atoms with Crippen molar-refractivity contribution in [3.05, 3.63) is 108 Å². The van der Waals surface area contributed by atoms with Crippen molar-refractivity contribution in [1.29, 1.82) is 0 Å². The Hall–Kier alpha value is -4.05. The van der Waals surface area contributed by atoms with Crippen LogP contribution in [0.15, 0.2) is 106 Å². The Morgan fingerprint density at radius 3 is 0.872 bits per heavy atom. The third-order valence-corrected chi connectivity index (χ3v) is 7.00. The Bertz CT molecular complexity index is 1070. The first kappa shape index (κ1) is 28.0. The summed E-state index contributed by atoms with van der Waals surface area (Å²) in [6.45, 7) is 5.92. The average molecular weight is 529 g/mol. The first-order valence-corrected chi connectivity index (χ1v) is 13.2. The lowest BCUT2D eigenvalue weighted by atomic mass is 10.1. The maximum atomic E-state index is 9.80. The molecule has 3 N–H and O–H groups in total. The van der Waals surface area contributed by atoms with E-state index >= 15 is 0 Å². The lowest BCUT2D eigenvalue weighted by molar-refractivity contribution is 0.248. The molecule has 1 heterocycles. The van der Waals surface area contributed by atoms with E-state index in [0.29, 0.717) is 36.8 Å². The minimum atomic E-state index is 0.488. The van der Waals surface area contributed by atoms with E-state index in [4.69, 9.17) is 0 Å². The molecule has 1 aliphatic heterocycles. The van der Waals surface area contributed by atoms with Crippen LogP contribution in [-0.4, -0.2) is 106 Å². The largest absolute Gasteiger partial charge is 0.411 e. The van der Waals surface area contributed by atoms with Crippen LogP contribution in [0.25, 0.3) is 0 Å². The third-order valence-electron chi connectivity index (χ3n) is 7.00. The van der Waals surface area contributed by atoms with Gasteiger partial charge in [0.15, 0.2) is 0 Å². The second-order valence-electron chi connectivity index (χ2n) is 9.57.